The molecule has 11 heteroatoms. The molecule has 0 radical (unpaired) electrons. The lowest BCUT2D eigenvalue weighted by atomic mass is 9.79. The van der Waals surface area contributed by atoms with E-state index in [2.05, 4.69) is 15.4 Å². The third-order valence-corrected chi connectivity index (χ3v) is 5.59. The fraction of sp³-hybridized carbons (Fsp3) is 0.182. The van der Waals surface area contributed by atoms with Gasteiger partial charge in [0.2, 0.25) is 5.91 Å². The summed E-state index contributed by atoms with van der Waals surface area (Å²) in [6, 6.07) is 12.3. The standard InChI is InChI=1S/C22H21BN6O4/c24-20(30)15-5-2-6-19-17(15)11-26-29(19)22-27-18-12-33-8-7-16(18)21(28-22)25-10-13-3-1-4-14(9-13)23(31)32/h1-6,9,11,31-32H,7-8,10,12H2,(H2,24,30)(H,25,27,28). The Kier molecular flexibility index (Phi) is 5.51. The van der Waals surface area contributed by atoms with E-state index in [0.717, 1.165) is 16.8 Å². The molecule has 3 heterocycles. The van der Waals surface area contributed by atoms with Crippen LogP contribution in [0.15, 0.2) is 48.7 Å². The summed E-state index contributed by atoms with van der Waals surface area (Å²) in [7, 11) is -1.53. The van der Waals surface area contributed by atoms with Crippen molar-refractivity contribution in [1.29, 1.82) is 0 Å². The molecule has 0 spiro atoms. The molecule has 1 aliphatic heterocycles. The third kappa shape index (κ3) is 4.04. The van der Waals surface area contributed by atoms with Crippen LogP contribution >= 0.6 is 0 Å². The topological polar surface area (TPSA) is 148 Å². The summed E-state index contributed by atoms with van der Waals surface area (Å²) in [4.78, 5) is 21.2. The van der Waals surface area contributed by atoms with E-state index in [9.17, 15) is 14.8 Å². The van der Waals surface area contributed by atoms with Crippen LogP contribution in [0.2, 0.25) is 0 Å². The minimum atomic E-state index is -1.53. The van der Waals surface area contributed by atoms with Gasteiger partial charge in [0.25, 0.3) is 5.95 Å². The van der Waals surface area contributed by atoms with Crippen molar-refractivity contribution in [1.82, 2.24) is 19.7 Å². The number of aromatic nitrogens is 4. The Morgan fingerprint density at radius 2 is 2.06 bits per heavy atom. The normalized spacial score (nSPS) is 13.0. The number of nitrogens with two attached hydrogens (primary N) is 1. The maximum atomic E-state index is 11.8. The van der Waals surface area contributed by atoms with Crippen LogP contribution in [0.1, 0.15) is 27.2 Å². The van der Waals surface area contributed by atoms with Gasteiger partial charge in [-0.05, 0) is 23.2 Å². The molecule has 166 valence electrons. The largest absolute Gasteiger partial charge is 0.488 e. The van der Waals surface area contributed by atoms with Gasteiger partial charge in [-0.3, -0.25) is 4.79 Å². The SMILES string of the molecule is NC(=O)c1cccc2c1cnn2-c1nc2c(c(NCc3cccc(B(O)O)c3)n1)CCOC2. The number of carbonyl (C=O) groups excluding carboxylic acids is 1. The van der Waals surface area contributed by atoms with Crippen LogP contribution in [0.25, 0.3) is 16.9 Å². The quantitative estimate of drug-likeness (QED) is 0.310. The molecule has 2 aromatic carbocycles. The Morgan fingerprint density at radius 3 is 2.88 bits per heavy atom. The van der Waals surface area contributed by atoms with E-state index in [1.807, 2.05) is 12.1 Å². The second-order valence-corrected chi connectivity index (χ2v) is 7.73. The number of benzene rings is 2. The number of anilines is 1. The van der Waals surface area contributed by atoms with Gasteiger partial charge >= 0.3 is 7.12 Å². The van der Waals surface area contributed by atoms with E-state index in [1.54, 1.807) is 41.2 Å². The van der Waals surface area contributed by atoms with Gasteiger partial charge in [-0.1, -0.05) is 30.3 Å². The average molecular weight is 444 g/mol. The molecule has 2 aromatic heterocycles. The number of ether oxygens (including phenoxy) is 1. The highest BCUT2D eigenvalue weighted by molar-refractivity contribution is 6.58. The molecule has 0 aliphatic carbocycles. The van der Waals surface area contributed by atoms with Crippen molar-refractivity contribution in [3.05, 3.63) is 71.0 Å². The molecule has 0 saturated carbocycles. The van der Waals surface area contributed by atoms with Crippen LogP contribution < -0.4 is 16.5 Å². The Balaban J connectivity index is 1.54. The molecule has 1 amide bonds. The summed E-state index contributed by atoms with van der Waals surface area (Å²) in [6.07, 6.45) is 2.24. The monoisotopic (exact) mass is 444 g/mol. The summed E-state index contributed by atoms with van der Waals surface area (Å²) >= 11 is 0. The van der Waals surface area contributed by atoms with Crippen molar-refractivity contribution in [2.24, 2.45) is 5.73 Å². The number of primary amides is 1. The van der Waals surface area contributed by atoms with Crippen LogP contribution in [0.3, 0.4) is 0 Å². The van der Waals surface area contributed by atoms with Gasteiger partial charge in [-0.25, -0.2) is 4.98 Å². The number of rotatable bonds is 6. The lowest BCUT2D eigenvalue weighted by Gasteiger charge is -2.20. The molecule has 0 unspecified atom stereocenters. The van der Waals surface area contributed by atoms with Crippen LogP contribution in [0, 0.1) is 0 Å². The number of fused-ring (bicyclic) bond motifs is 2. The number of hydrogen-bond donors (Lipinski definition) is 4. The molecule has 10 nitrogen and oxygen atoms in total. The van der Waals surface area contributed by atoms with Crippen LogP contribution in [-0.2, 0) is 24.3 Å². The van der Waals surface area contributed by atoms with E-state index < -0.39 is 13.0 Å². The zero-order chi connectivity index (χ0) is 22.9. The fourth-order valence-corrected chi connectivity index (χ4v) is 3.96. The van der Waals surface area contributed by atoms with E-state index in [4.69, 9.17) is 15.5 Å². The highest BCUT2D eigenvalue weighted by atomic mass is 16.5. The maximum absolute atomic E-state index is 11.8. The van der Waals surface area contributed by atoms with E-state index in [1.165, 1.54) is 0 Å². The van der Waals surface area contributed by atoms with Gasteiger partial charge in [0, 0.05) is 23.9 Å². The van der Waals surface area contributed by atoms with Crippen molar-refractivity contribution in [2.75, 3.05) is 11.9 Å². The van der Waals surface area contributed by atoms with E-state index in [-0.39, 0.29) is 0 Å². The Morgan fingerprint density at radius 1 is 1.21 bits per heavy atom. The highest BCUT2D eigenvalue weighted by Crippen LogP contribution is 2.26. The van der Waals surface area contributed by atoms with E-state index in [0.29, 0.717) is 59.9 Å². The minimum Gasteiger partial charge on any atom is -0.423 e. The molecule has 5 N–H and O–H groups in total. The number of hydrogen-bond acceptors (Lipinski definition) is 8. The van der Waals surface area contributed by atoms with E-state index >= 15 is 0 Å². The predicted octanol–water partition coefficient (Wildman–Crippen LogP) is 0.279. The van der Waals surface area contributed by atoms with Gasteiger partial charge < -0.3 is 25.8 Å². The van der Waals surface area contributed by atoms with Crippen molar-refractivity contribution in [3.63, 3.8) is 0 Å². The zero-order valence-electron chi connectivity index (χ0n) is 17.6. The first-order chi connectivity index (χ1) is 16.0. The molecular formula is C22H21BN6O4. The molecule has 1 aliphatic rings. The summed E-state index contributed by atoms with van der Waals surface area (Å²) in [5.74, 6) is 0.471. The van der Waals surface area contributed by atoms with Crippen molar-refractivity contribution in [2.45, 2.75) is 19.6 Å². The molecule has 33 heavy (non-hydrogen) atoms. The summed E-state index contributed by atoms with van der Waals surface area (Å²) in [5, 5.41) is 27.3. The molecule has 5 rings (SSSR count). The molecule has 0 fully saturated rings. The van der Waals surface area contributed by atoms with Crippen molar-refractivity contribution >= 4 is 35.2 Å². The van der Waals surface area contributed by atoms with Crippen LogP contribution in [-0.4, -0.2) is 49.4 Å². The molecule has 0 saturated heterocycles. The summed E-state index contributed by atoms with van der Waals surface area (Å²) < 4.78 is 7.18. The first-order valence-electron chi connectivity index (χ1n) is 10.4. The van der Waals surface area contributed by atoms with Crippen LogP contribution in [0.5, 0.6) is 0 Å². The zero-order valence-corrected chi connectivity index (χ0v) is 17.6. The molecule has 0 bridgehead atoms. The van der Waals surface area contributed by atoms with Crippen molar-refractivity contribution < 1.29 is 19.6 Å². The summed E-state index contributed by atoms with van der Waals surface area (Å²) in [6.45, 7) is 1.36. The van der Waals surface area contributed by atoms with Gasteiger partial charge in [-0.2, -0.15) is 14.8 Å². The average Bonchev–Trinajstić information content (AvgIpc) is 3.26. The number of carbonyl (C=O) groups is 1. The molecule has 4 aromatic rings. The van der Waals surface area contributed by atoms with Gasteiger partial charge in [0.1, 0.15) is 5.82 Å². The second kappa shape index (κ2) is 8.62. The highest BCUT2D eigenvalue weighted by Gasteiger charge is 2.21. The van der Waals surface area contributed by atoms with Gasteiger partial charge in [0.15, 0.2) is 0 Å². The van der Waals surface area contributed by atoms with Gasteiger partial charge in [-0.15, -0.1) is 0 Å². The van der Waals surface area contributed by atoms with Crippen LogP contribution in [0.4, 0.5) is 5.82 Å². The Bertz CT molecular complexity index is 1360. The predicted molar refractivity (Wildman–Crippen MR) is 122 cm³/mol. The lowest BCUT2D eigenvalue weighted by Crippen LogP contribution is -2.30. The number of nitrogens with one attached hydrogen (secondary N) is 1. The smallest absolute Gasteiger partial charge is 0.423 e. The third-order valence-electron chi connectivity index (χ3n) is 5.59. The second-order valence-electron chi connectivity index (χ2n) is 7.73. The van der Waals surface area contributed by atoms with Crippen molar-refractivity contribution in [3.8, 4) is 5.95 Å². The lowest BCUT2D eigenvalue weighted by molar-refractivity contribution is 0.100. The summed E-state index contributed by atoms with van der Waals surface area (Å²) in [5.41, 5.74) is 9.57. The first-order valence-corrected chi connectivity index (χ1v) is 10.4. The first kappa shape index (κ1) is 21.1. The number of nitrogens with zero attached hydrogens (tertiary/aromatic N) is 4. The number of amides is 1. The molecule has 0 atom stereocenters. The molecular weight excluding hydrogens is 423 g/mol. The van der Waals surface area contributed by atoms with Gasteiger partial charge in [0.05, 0.1) is 36.2 Å². The maximum Gasteiger partial charge on any atom is 0.488 e. The fourth-order valence-electron chi connectivity index (χ4n) is 3.96. The Hall–Kier alpha value is -3.80. The minimum absolute atomic E-state index is 0.345. The Labute approximate surface area is 189 Å².